The lowest BCUT2D eigenvalue weighted by atomic mass is 10.0. The van der Waals surface area contributed by atoms with Gasteiger partial charge in [-0.25, -0.2) is 4.79 Å². The van der Waals surface area contributed by atoms with Crippen molar-refractivity contribution in [2.75, 3.05) is 26.2 Å². The van der Waals surface area contributed by atoms with Crippen LogP contribution in [0.2, 0.25) is 0 Å². The number of aromatic amines is 1. The van der Waals surface area contributed by atoms with E-state index in [2.05, 4.69) is 9.88 Å². The third-order valence-electron chi connectivity index (χ3n) is 3.96. The van der Waals surface area contributed by atoms with Crippen molar-refractivity contribution in [3.63, 3.8) is 0 Å². The number of piperidine rings is 1. The number of aliphatic hydroxyl groups is 1. The second kappa shape index (κ2) is 5.19. The van der Waals surface area contributed by atoms with Crippen molar-refractivity contribution in [1.29, 1.82) is 0 Å². The third kappa shape index (κ3) is 2.31. The van der Waals surface area contributed by atoms with Gasteiger partial charge < -0.3 is 15.0 Å². The van der Waals surface area contributed by atoms with Crippen LogP contribution in [0.25, 0.3) is 11.0 Å². The van der Waals surface area contributed by atoms with Crippen LogP contribution in [0.15, 0.2) is 29.1 Å². The lowest BCUT2D eigenvalue weighted by Gasteiger charge is -2.31. The highest BCUT2D eigenvalue weighted by Gasteiger charge is 2.22. The van der Waals surface area contributed by atoms with Gasteiger partial charge in [0.25, 0.3) is 0 Å². The Balaban J connectivity index is 1.86. The maximum absolute atomic E-state index is 12.1. The highest BCUT2D eigenvalue weighted by Crippen LogP contribution is 2.24. The number of aromatic nitrogens is 2. The number of H-pyrrole nitrogens is 1. The van der Waals surface area contributed by atoms with Gasteiger partial charge >= 0.3 is 5.69 Å². The molecule has 1 aliphatic rings. The Morgan fingerprint density at radius 3 is 2.74 bits per heavy atom. The Kier molecular flexibility index (Phi) is 3.40. The Hall–Kier alpha value is -1.59. The van der Waals surface area contributed by atoms with Gasteiger partial charge in [-0.05, 0) is 25.0 Å². The molecule has 2 heterocycles. The van der Waals surface area contributed by atoms with Gasteiger partial charge in [-0.3, -0.25) is 4.57 Å². The van der Waals surface area contributed by atoms with Crippen molar-refractivity contribution in [2.45, 2.75) is 18.9 Å². The number of imidazole rings is 1. The summed E-state index contributed by atoms with van der Waals surface area (Å²) in [5.74, 6) is 0. The summed E-state index contributed by atoms with van der Waals surface area (Å²) in [7, 11) is 0. The number of benzene rings is 1. The first-order valence-corrected chi connectivity index (χ1v) is 6.82. The molecule has 2 aromatic rings. The summed E-state index contributed by atoms with van der Waals surface area (Å²) >= 11 is 0. The number of hydrogen-bond donors (Lipinski definition) is 2. The number of hydrogen-bond acceptors (Lipinski definition) is 3. The fraction of sp³-hybridized carbons (Fsp3) is 0.500. The highest BCUT2D eigenvalue weighted by atomic mass is 16.3. The zero-order valence-corrected chi connectivity index (χ0v) is 10.9. The van der Waals surface area contributed by atoms with E-state index in [1.54, 1.807) is 0 Å². The van der Waals surface area contributed by atoms with E-state index in [1.165, 1.54) is 0 Å². The Morgan fingerprint density at radius 1 is 1.26 bits per heavy atom. The van der Waals surface area contributed by atoms with Crippen LogP contribution in [0, 0.1) is 0 Å². The number of β-amino-alcohol motifs (C(OH)–C–C–N with tert-alkyl or cyclic N) is 1. The number of fused-ring (bicyclic) bond motifs is 1. The Morgan fingerprint density at radius 2 is 2.00 bits per heavy atom. The molecule has 0 radical (unpaired) electrons. The zero-order valence-electron chi connectivity index (χ0n) is 10.9. The topological polar surface area (TPSA) is 61.3 Å². The molecule has 0 bridgehead atoms. The molecule has 0 atom stereocenters. The molecule has 19 heavy (non-hydrogen) atoms. The molecule has 5 heteroatoms. The number of nitrogens with zero attached hydrogens (tertiary/aromatic N) is 2. The van der Waals surface area contributed by atoms with E-state index in [4.69, 9.17) is 5.11 Å². The summed E-state index contributed by atoms with van der Waals surface area (Å²) < 4.78 is 1.89. The van der Waals surface area contributed by atoms with Crippen LogP contribution >= 0.6 is 0 Å². The summed E-state index contributed by atoms with van der Waals surface area (Å²) in [6, 6.07) is 8.10. The molecule has 3 rings (SSSR count). The SMILES string of the molecule is O=c1[nH]c2ccccc2n1C1CCN(CCO)CC1. The molecule has 102 valence electrons. The van der Waals surface area contributed by atoms with Gasteiger partial charge in [-0.2, -0.15) is 0 Å². The smallest absolute Gasteiger partial charge is 0.326 e. The monoisotopic (exact) mass is 261 g/mol. The van der Waals surface area contributed by atoms with Crippen LogP contribution in [0.4, 0.5) is 0 Å². The average molecular weight is 261 g/mol. The van der Waals surface area contributed by atoms with Gasteiger partial charge in [-0.15, -0.1) is 0 Å². The second-order valence-electron chi connectivity index (χ2n) is 5.11. The summed E-state index contributed by atoms with van der Waals surface area (Å²) in [5, 5.41) is 8.95. The predicted molar refractivity (Wildman–Crippen MR) is 74.4 cm³/mol. The zero-order chi connectivity index (χ0) is 13.2. The molecule has 5 nitrogen and oxygen atoms in total. The van der Waals surface area contributed by atoms with Crippen molar-refractivity contribution in [1.82, 2.24) is 14.5 Å². The maximum Gasteiger partial charge on any atom is 0.326 e. The van der Waals surface area contributed by atoms with E-state index < -0.39 is 0 Å². The first kappa shape index (κ1) is 12.4. The fourth-order valence-corrected chi connectivity index (χ4v) is 2.98. The average Bonchev–Trinajstić information content (AvgIpc) is 2.76. The van der Waals surface area contributed by atoms with Gasteiger partial charge in [0.2, 0.25) is 0 Å². The van der Waals surface area contributed by atoms with Gasteiger partial charge in [0, 0.05) is 25.7 Å². The van der Waals surface area contributed by atoms with Crippen LogP contribution in [-0.2, 0) is 0 Å². The van der Waals surface area contributed by atoms with Crippen molar-refractivity contribution in [3.05, 3.63) is 34.7 Å². The first-order valence-electron chi connectivity index (χ1n) is 6.82. The van der Waals surface area contributed by atoms with Gasteiger partial charge in [-0.1, -0.05) is 12.1 Å². The molecule has 0 unspecified atom stereocenters. The molecule has 1 aromatic carbocycles. The molecular formula is C14H19N3O2. The number of aliphatic hydroxyl groups excluding tert-OH is 1. The normalized spacial score (nSPS) is 18.2. The number of para-hydroxylation sites is 2. The van der Waals surface area contributed by atoms with E-state index >= 15 is 0 Å². The molecule has 0 aliphatic carbocycles. The summed E-state index contributed by atoms with van der Waals surface area (Å²) in [5.41, 5.74) is 1.89. The van der Waals surface area contributed by atoms with Crippen molar-refractivity contribution < 1.29 is 5.11 Å². The van der Waals surface area contributed by atoms with Crippen LogP contribution in [0.5, 0.6) is 0 Å². The van der Waals surface area contributed by atoms with E-state index in [-0.39, 0.29) is 18.3 Å². The van der Waals surface area contributed by atoms with Crippen LogP contribution in [0.3, 0.4) is 0 Å². The van der Waals surface area contributed by atoms with E-state index in [1.807, 2.05) is 28.8 Å². The molecule has 1 aliphatic heterocycles. The minimum atomic E-state index is -0.0122. The minimum Gasteiger partial charge on any atom is -0.395 e. The predicted octanol–water partition coefficient (Wildman–Crippen LogP) is 0.959. The van der Waals surface area contributed by atoms with Crippen molar-refractivity contribution in [2.24, 2.45) is 0 Å². The molecule has 1 saturated heterocycles. The number of rotatable bonds is 3. The third-order valence-corrected chi connectivity index (χ3v) is 3.96. The summed E-state index contributed by atoms with van der Waals surface area (Å²) in [6.45, 7) is 2.82. The molecule has 2 N–H and O–H groups in total. The van der Waals surface area contributed by atoms with Gasteiger partial charge in [0.15, 0.2) is 0 Å². The van der Waals surface area contributed by atoms with E-state index in [9.17, 15) is 4.79 Å². The van der Waals surface area contributed by atoms with Gasteiger partial charge in [0.1, 0.15) is 0 Å². The van der Waals surface area contributed by atoms with E-state index in [0.29, 0.717) is 0 Å². The number of likely N-dealkylation sites (tertiary alicyclic amines) is 1. The molecule has 1 aromatic heterocycles. The largest absolute Gasteiger partial charge is 0.395 e. The first-order chi connectivity index (χ1) is 9.29. The summed E-state index contributed by atoms with van der Waals surface area (Å²) in [4.78, 5) is 17.3. The molecule has 0 spiro atoms. The molecule has 0 saturated carbocycles. The van der Waals surface area contributed by atoms with Gasteiger partial charge in [0.05, 0.1) is 17.6 Å². The number of nitrogens with one attached hydrogen (secondary N) is 1. The Bertz CT molecular complexity index is 608. The quantitative estimate of drug-likeness (QED) is 0.865. The molecule has 1 fully saturated rings. The van der Waals surface area contributed by atoms with Crippen LogP contribution in [0.1, 0.15) is 18.9 Å². The Labute approximate surface area is 111 Å². The second-order valence-corrected chi connectivity index (χ2v) is 5.11. The molecule has 0 amide bonds. The maximum atomic E-state index is 12.1. The summed E-state index contributed by atoms with van der Waals surface area (Å²) in [6.07, 6.45) is 1.92. The van der Waals surface area contributed by atoms with Crippen molar-refractivity contribution >= 4 is 11.0 Å². The standard InChI is InChI=1S/C14H19N3O2/c18-10-9-16-7-5-11(6-8-16)17-13-4-2-1-3-12(13)15-14(17)19/h1-4,11,18H,5-10H2,(H,15,19). The van der Waals surface area contributed by atoms with Crippen LogP contribution in [-0.4, -0.2) is 45.8 Å². The highest BCUT2D eigenvalue weighted by molar-refractivity contribution is 5.75. The van der Waals surface area contributed by atoms with E-state index in [0.717, 1.165) is 43.5 Å². The van der Waals surface area contributed by atoms with Crippen molar-refractivity contribution in [3.8, 4) is 0 Å². The molecular weight excluding hydrogens is 242 g/mol. The minimum absolute atomic E-state index is 0.0122. The lowest BCUT2D eigenvalue weighted by molar-refractivity contribution is 0.150. The fourth-order valence-electron chi connectivity index (χ4n) is 2.98. The lowest BCUT2D eigenvalue weighted by Crippen LogP contribution is -2.38. The van der Waals surface area contributed by atoms with Crippen LogP contribution < -0.4 is 5.69 Å².